The van der Waals surface area contributed by atoms with Crippen LogP contribution in [0.1, 0.15) is 50.2 Å². The molecule has 3 aromatic rings. The van der Waals surface area contributed by atoms with E-state index in [0.29, 0.717) is 25.1 Å². The zero-order valence-electron chi connectivity index (χ0n) is 17.5. The Bertz CT molecular complexity index is 1100. The molecule has 0 atom stereocenters. The van der Waals surface area contributed by atoms with Crippen LogP contribution in [0.15, 0.2) is 48.5 Å². The molecular weight excluding hydrogens is 378 g/mol. The third-order valence-corrected chi connectivity index (χ3v) is 5.36. The average Bonchev–Trinajstić information content (AvgIpc) is 3.13. The number of nitrogens with zero attached hydrogens (tertiary/aromatic N) is 3. The van der Waals surface area contributed by atoms with E-state index in [0.717, 1.165) is 28.1 Å². The number of benzene rings is 2. The Morgan fingerprint density at radius 3 is 2.53 bits per heavy atom. The molecule has 0 spiro atoms. The Morgan fingerprint density at radius 2 is 1.83 bits per heavy atom. The number of hydrogen-bond donors (Lipinski definition) is 0. The molecule has 1 aromatic heterocycles. The first kappa shape index (κ1) is 19.9. The van der Waals surface area contributed by atoms with E-state index in [1.165, 1.54) is 0 Å². The minimum Gasteiger partial charge on any atom is -0.461 e. The highest BCUT2D eigenvalue weighted by molar-refractivity contribution is 5.95. The molecule has 0 N–H and O–H groups in total. The largest absolute Gasteiger partial charge is 0.461 e. The minimum atomic E-state index is -0.454. The molecule has 0 aliphatic carbocycles. The molecular formula is C24H25N3O3. The molecule has 0 saturated heterocycles. The van der Waals surface area contributed by atoms with Crippen molar-refractivity contribution in [2.24, 2.45) is 0 Å². The van der Waals surface area contributed by atoms with Gasteiger partial charge in [0.1, 0.15) is 0 Å². The lowest BCUT2D eigenvalue weighted by Gasteiger charge is -2.28. The first-order valence-electron chi connectivity index (χ1n) is 10.2. The molecule has 0 radical (unpaired) electrons. The summed E-state index contributed by atoms with van der Waals surface area (Å²) in [4.78, 5) is 27.4. The van der Waals surface area contributed by atoms with Gasteiger partial charge in [-0.2, -0.15) is 5.10 Å². The van der Waals surface area contributed by atoms with Gasteiger partial charge in [-0.05, 0) is 45.0 Å². The quantitative estimate of drug-likeness (QED) is 0.621. The summed E-state index contributed by atoms with van der Waals surface area (Å²) >= 11 is 0. The Labute approximate surface area is 176 Å². The summed E-state index contributed by atoms with van der Waals surface area (Å²) in [5, 5.41) is 4.60. The van der Waals surface area contributed by atoms with E-state index < -0.39 is 5.97 Å². The molecule has 2 heterocycles. The van der Waals surface area contributed by atoms with E-state index in [4.69, 9.17) is 4.74 Å². The number of carbonyl (C=O) groups excluding carboxylic acids is 2. The van der Waals surface area contributed by atoms with Crippen molar-refractivity contribution in [1.82, 2.24) is 14.7 Å². The van der Waals surface area contributed by atoms with Crippen LogP contribution in [-0.2, 0) is 17.7 Å². The van der Waals surface area contributed by atoms with Crippen LogP contribution in [-0.4, -0.2) is 39.7 Å². The van der Waals surface area contributed by atoms with E-state index in [-0.39, 0.29) is 18.2 Å². The first-order chi connectivity index (χ1) is 14.5. The molecule has 30 heavy (non-hydrogen) atoms. The first-order valence-corrected chi connectivity index (χ1v) is 10.2. The number of rotatable bonds is 4. The van der Waals surface area contributed by atoms with Crippen LogP contribution in [0.25, 0.3) is 5.69 Å². The third kappa shape index (κ3) is 3.73. The fourth-order valence-electron chi connectivity index (χ4n) is 3.82. The smallest absolute Gasteiger partial charge is 0.359 e. The molecule has 4 rings (SSSR count). The molecule has 0 bridgehead atoms. The van der Waals surface area contributed by atoms with Gasteiger partial charge >= 0.3 is 5.97 Å². The zero-order valence-corrected chi connectivity index (χ0v) is 17.5. The number of ether oxygens (including phenoxy) is 1. The summed E-state index contributed by atoms with van der Waals surface area (Å²) in [6.45, 7) is 6.95. The number of amides is 1. The fourth-order valence-corrected chi connectivity index (χ4v) is 3.82. The molecule has 0 saturated carbocycles. The van der Waals surface area contributed by atoms with Gasteiger partial charge < -0.3 is 9.64 Å². The Hall–Kier alpha value is -3.41. The number of aryl methyl sites for hydroxylation is 2. The standard InChI is InChI=1S/C24H25N3O3/c1-4-30-24(29)22-20-15-26(23(28)18-7-5-6-17(3)14-18)13-12-21(20)27(25-22)19-10-8-16(2)9-11-19/h5-11,14H,4,12-13,15H2,1-3H3. The van der Waals surface area contributed by atoms with Gasteiger partial charge in [-0.25, -0.2) is 9.48 Å². The van der Waals surface area contributed by atoms with Crippen molar-refractivity contribution in [1.29, 1.82) is 0 Å². The van der Waals surface area contributed by atoms with E-state index in [9.17, 15) is 9.59 Å². The van der Waals surface area contributed by atoms with Crippen molar-refractivity contribution in [3.63, 3.8) is 0 Å². The highest BCUT2D eigenvalue weighted by atomic mass is 16.5. The number of esters is 1. The lowest BCUT2D eigenvalue weighted by molar-refractivity contribution is 0.0513. The second-order valence-electron chi connectivity index (χ2n) is 7.59. The van der Waals surface area contributed by atoms with Gasteiger partial charge in [0.15, 0.2) is 5.69 Å². The summed E-state index contributed by atoms with van der Waals surface area (Å²) in [6.07, 6.45) is 0.618. The van der Waals surface area contributed by atoms with Gasteiger partial charge in [0.05, 0.1) is 24.5 Å². The third-order valence-electron chi connectivity index (χ3n) is 5.36. The molecule has 6 heteroatoms. The van der Waals surface area contributed by atoms with Gasteiger partial charge in [-0.15, -0.1) is 0 Å². The van der Waals surface area contributed by atoms with Crippen molar-refractivity contribution in [2.45, 2.75) is 33.7 Å². The maximum absolute atomic E-state index is 13.1. The van der Waals surface area contributed by atoms with Crippen molar-refractivity contribution in [3.05, 3.63) is 82.2 Å². The Balaban J connectivity index is 1.72. The molecule has 0 unspecified atom stereocenters. The second-order valence-corrected chi connectivity index (χ2v) is 7.59. The molecule has 0 fully saturated rings. The van der Waals surface area contributed by atoms with E-state index in [1.54, 1.807) is 11.8 Å². The molecule has 2 aromatic carbocycles. The molecule has 6 nitrogen and oxygen atoms in total. The highest BCUT2D eigenvalue weighted by Gasteiger charge is 2.31. The van der Waals surface area contributed by atoms with Crippen LogP contribution in [0.4, 0.5) is 0 Å². The van der Waals surface area contributed by atoms with E-state index in [1.807, 2.05) is 67.1 Å². The molecule has 1 aliphatic heterocycles. The summed E-state index contributed by atoms with van der Waals surface area (Å²) in [5.41, 5.74) is 5.75. The van der Waals surface area contributed by atoms with Gasteiger partial charge in [0.25, 0.3) is 5.91 Å². The number of hydrogen-bond acceptors (Lipinski definition) is 4. The van der Waals surface area contributed by atoms with E-state index >= 15 is 0 Å². The topological polar surface area (TPSA) is 64.4 Å². The zero-order chi connectivity index (χ0) is 21.3. The summed E-state index contributed by atoms with van der Waals surface area (Å²) < 4.78 is 7.06. The number of carbonyl (C=O) groups is 2. The van der Waals surface area contributed by atoms with Crippen LogP contribution in [0.3, 0.4) is 0 Å². The van der Waals surface area contributed by atoms with Gasteiger partial charge in [0, 0.05) is 24.1 Å². The van der Waals surface area contributed by atoms with E-state index in [2.05, 4.69) is 5.10 Å². The van der Waals surface area contributed by atoms with Crippen molar-refractivity contribution < 1.29 is 14.3 Å². The van der Waals surface area contributed by atoms with Gasteiger partial charge in [-0.3, -0.25) is 4.79 Å². The van der Waals surface area contributed by atoms with Crippen molar-refractivity contribution >= 4 is 11.9 Å². The number of aromatic nitrogens is 2. The average molecular weight is 403 g/mol. The van der Waals surface area contributed by atoms with Gasteiger partial charge in [0.2, 0.25) is 0 Å². The predicted molar refractivity (Wildman–Crippen MR) is 114 cm³/mol. The van der Waals surface area contributed by atoms with Crippen LogP contribution in [0.5, 0.6) is 0 Å². The summed E-state index contributed by atoms with van der Waals surface area (Å²) in [7, 11) is 0. The SMILES string of the molecule is CCOC(=O)c1nn(-c2ccc(C)cc2)c2c1CN(C(=O)c1cccc(C)c1)CC2. The molecule has 1 amide bonds. The van der Waals surface area contributed by atoms with Crippen molar-refractivity contribution in [2.75, 3.05) is 13.2 Å². The van der Waals surface area contributed by atoms with Crippen LogP contribution < -0.4 is 0 Å². The van der Waals surface area contributed by atoms with Crippen LogP contribution in [0, 0.1) is 13.8 Å². The Morgan fingerprint density at radius 1 is 1.07 bits per heavy atom. The maximum Gasteiger partial charge on any atom is 0.359 e. The summed E-state index contributed by atoms with van der Waals surface area (Å²) in [5.74, 6) is -0.494. The van der Waals surface area contributed by atoms with Gasteiger partial charge in [-0.1, -0.05) is 35.4 Å². The summed E-state index contributed by atoms with van der Waals surface area (Å²) in [6, 6.07) is 15.6. The lowest BCUT2D eigenvalue weighted by Crippen LogP contribution is -2.36. The Kier molecular flexibility index (Phi) is 5.40. The fraction of sp³-hybridized carbons (Fsp3) is 0.292. The minimum absolute atomic E-state index is 0.0396. The second kappa shape index (κ2) is 8.14. The number of fused-ring (bicyclic) bond motifs is 1. The highest BCUT2D eigenvalue weighted by Crippen LogP contribution is 2.27. The van der Waals surface area contributed by atoms with Crippen LogP contribution in [0.2, 0.25) is 0 Å². The molecule has 154 valence electrons. The lowest BCUT2D eigenvalue weighted by atomic mass is 10.0. The molecule has 1 aliphatic rings. The maximum atomic E-state index is 13.1. The normalized spacial score (nSPS) is 13.1. The predicted octanol–water partition coefficient (Wildman–Crippen LogP) is 3.86. The van der Waals surface area contributed by atoms with Crippen molar-refractivity contribution in [3.8, 4) is 5.69 Å². The van der Waals surface area contributed by atoms with Crippen LogP contribution >= 0.6 is 0 Å². The monoisotopic (exact) mass is 403 g/mol.